The lowest BCUT2D eigenvalue weighted by Gasteiger charge is -2.44. The first kappa shape index (κ1) is 33.4. The predicted octanol–water partition coefficient (Wildman–Crippen LogP) is 6.80. The number of alkyl halides is 3. The average molecular weight is 706 g/mol. The van der Waals surface area contributed by atoms with E-state index in [0.717, 1.165) is 43.5 Å². The molecule has 4 heterocycles. The van der Waals surface area contributed by atoms with Crippen LogP contribution in [0.2, 0.25) is 0 Å². The molecule has 3 aliphatic heterocycles. The number of likely N-dealkylation sites (tertiary alicyclic amines) is 1. The van der Waals surface area contributed by atoms with E-state index >= 15 is 4.39 Å². The first-order chi connectivity index (χ1) is 24.4. The third kappa shape index (κ3) is 5.50. The number of nitrogens with zero attached hydrogens (tertiary/aromatic N) is 5. The number of amides is 1. The van der Waals surface area contributed by atoms with Crippen molar-refractivity contribution in [3.63, 3.8) is 0 Å². The van der Waals surface area contributed by atoms with Gasteiger partial charge >= 0.3 is 18.1 Å². The van der Waals surface area contributed by atoms with Crippen LogP contribution in [0, 0.1) is 29.4 Å². The molecule has 2 unspecified atom stereocenters. The van der Waals surface area contributed by atoms with Gasteiger partial charge in [-0.25, -0.2) is 8.78 Å². The minimum Gasteiger partial charge on any atom is -0.508 e. The van der Waals surface area contributed by atoms with Gasteiger partial charge in [0, 0.05) is 40.9 Å². The van der Waals surface area contributed by atoms with Gasteiger partial charge in [0.15, 0.2) is 5.82 Å². The smallest absolute Gasteiger partial charge is 0.471 e. The molecule has 3 saturated heterocycles. The molecule has 8 nitrogen and oxygen atoms in total. The van der Waals surface area contributed by atoms with Crippen molar-refractivity contribution in [2.45, 2.75) is 69.2 Å². The van der Waals surface area contributed by atoms with Gasteiger partial charge in [-0.05, 0) is 87.3 Å². The zero-order chi connectivity index (χ0) is 35.8. The SMILES string of the molecule is C#Cc1c(F)ccc2cc(O)cc(-c3ccc4c(N5CC6CCC(C5)N6C(=O)C(F)(F)F)nc(OC[C@]56CCC[C@H]5N(C)CCC6)nc4c3F)c12. The van der Waals surface area contributed by atoms with Crippen molar-refractivity contribution in [2.75, 3.05) is 38.2 Å². The number of carbonyl (C=O) groups is 1. The molecule has 51 heavy (non-hydrogen) atoms. The zero-order valence-corrected chi connectivity index (χ0v) is 27.9. The van der Waals surface area contributed by atoms with Gasteiger partial charge in [0.05, 0.1) is 24.3 Å². The van der Waals surface area contributed by atoms with Crippen molar-refractivity contribution >= 4 is 33.4 Å². The first-order valence-electron chi connectivity index (χ1n) is 17.3. The van der Waals surface area contributed by atoms with E-state index in [0.29, 0.717) is 36.3 Å². The fourth-order valence-corrected chi connectivity index (χ4v) is 9.36. The number of benzene rings is 3. The molecule has 1 aromatic heterocycles. The van der Waals surface area contributed by atoms with E-state index in [9.17, 15) is 27.5 Å². The summed E-state index contributed by atoms with van der Waals surface area (Å²) >= 11 is 0. The monoisotopic (exact) mass is 705 g/mol. The summed E-state index contributed by atoms with van der Waals surface area (Å²) in [6.07, 6.45) is 6.54. The number of ether oxygens (including phenoxy) is 1. The quantitative estimate of drug-likeness (QED) is 0.181. The lowest BCUT2D eigenvalue weighted by atomic mass is 9.76. The highest BCUT2D eigenvalue weighted by atomic mass is 19.4. The molecule has 1 saturated carbocycles. The lowest BCUT2D eigenvalue weighted by Crippen LogP contribution is -2.59. The third-order valence-corrected chi connectivity index (χ3v) is 11.6. The molecule has 8 rings (SSSR count). The summed E-state index contributed by atoms with van der Waals surface area (Å²) in [5.74, 6) is -0.852. The number of phenols is 1. The van der Waals surface area contributed by atoms with Crippen LogP contribution < -0.4 is 9.64 Å². The summed E-state index contributed by atoms with van der Waals surface area (Å²) in [4.78, 5) is 26.8. The van der Waals surface area contributed by atoms with Crippen molar-refractivity contribution in [1.82, 2.24) is 19.8 Å². The molecule has 0 spiro atoms. The molecule has 2 bridgehead atoms. The normalized spacial score (nSPS) is 25.0. The summed E-state index contributed by atoms with van der Waals surface area (Å²) in [5.41, 5.74) is -0.145. The van der Waals surface area contributed by atoms with Gasteiger partial charge < -0.3 is 24.5 Å². The molecule has 3 aromatic carbocycles. The van der Waals surface area contributed by atoms with Crippen LogP contribution in [-0.4, -0.2) is 88.4 Å². The zero-order valence-electron chi connectivity index (χ0n) is 27.9. The number of piperazine rings is 1. The van der Waals surface area contributed by atoms with E-state index < -0.39 is 35.8 Å². The minimum absolute atomic E-state index is 0.00474. The number of hydrogen-bond acceptors (Lipinski definition) is 7. The maximum atomic E-state index is 17.0. The molecule has 0 radical (unpaired) electrons. The summed E-state index contributed by atoms with van der Waals surface area (Å²) in [6, 6.07) is 7.31. The molecule has 13 heteroatoms. The van der Waals surface area contributed by atoms with Crippen LogP contribution in [0.1, 0.15) is 50.5 Å². The number of terminal acetylenes is 1. The van der Waals surface area contributed by atoms with Crippen molar-refractivity contribution in [3.05, 3.63) is 53.6 Å². The summed E-state index contributed by atoms with van der Waals surface area (Å²) in [6.45, 7) is 1.44. The lowest BCUT2D eigenvalue weighted by molar-refractivity contribution is -0.188. The topological polar surface area (TPSA) is 82.0 Å². The van der Waals surface area contributed by atoms with E-state index in [1.165, 1.54) is 30.3 Å². The second-order valence-electron chi connectivity index (χ2n) is 14.5. The summed E-state index contributed by atoms with van der Waals surface area (Å²) in [7, 11) is 2.12. The molecule has 4 atom stereocenters. The van der Waals surface area contributed by atoms with Gasteiger partial charge in [-0.2, -0.15) is 23.1 Å². The Kier molecular flexibility index (Phi) is 8.01. The van der Waals surface area contributed by atoms with Gasteiger partial charge in [0.25, 0.3) is 0 Å². The molecule has 1 N–H and O–H groups in total. The Morgan fingerprint density at radius 3 is 2.51 bits per heavy atom. The number of fused-ring (bicyclic) bond motifs is 5. The highest BCUT2D eigenvalue weighted by Gasteiger charge is 2.52. The summed E-state index contributed by atoms with van der Waals surface area (Å²) in [5, 5.41) is 11.5. The minimum atomic E-state index is -4.99. The highest BCUT2D eigenvalue weighted by molar-refractivity contribution is 6.04. The fourth-order valence-electron chi connectivity index (χ4n) is 9.36. The van der Waals surface area contributed by atoms with E-state index in [4.69, 9.17) is 16.1 Å². The largest absolute Gasteiger partial charge is 0.508 e. The molecule has 4 aliphatic rings. The molecule has 1 aliphatic carbocycles. The van der Waals surface area contributed by atoms with Gasteiger partial charge in [0.1, 0.15) is 22.9 Å². The Labute approximate surface area is 291 Å². The van der Waals surface area contributed by atoms with Crippen molar-refractivity contribution < 1.29 is 36.6 Å². The van der Waals surface area contributed by atoms with E-state index in [-0.39, 0.29) is 63.7 Å². The van der Waals surface area contributed by atoms with E-state index in [1.54, 1.807) is 11.0 Å². The Morgan fingerprint density at radius 2 is 1.78 bits per heavy atom. The first-order valence-corrected chi connectivity index (χ1v) is 17.3. The number of piperidine rings is 1. The third-order valence-electron chi connectivity index (χ3n) is 11.6. The van der Waals surface area contributed by atoms with Crippen LogP contribution in [0.5, 0.6) is 11.8 Å². The number of carbonyl (C=O) groups excluding carboxylic acids is 1. The highest BCUT2D eigenvalue weighted by Crippen LogP contribution is 2.48. The number of aromatic hydroxyl groups is 1. The number of phenolic OH excluding ortho intramolecular Hbond substituents is 1. The van der Waals surface area contributed by atoms with Crippen LogP contribution in [0.4, 0.5) is 27.8 Å². The van der Waals surface area contributed by atoms with Crippen LogP contribution in [0.3, 0.4) is 0 Å². The van der Waals surface area contributed by atoms with Gasteiger partial charge in [-0.1, -0.05) is 24.5 Å². The number of rotatable bonds is 5. The van der Waals surface area contributed by atoms with Crippen molar-refractivity contribution in [3.8, 4) is 35.2 Å². The average Bonchev–Trinajstić information content (AvgIpc) is 3.65. The van der Waals surface area contributed by atoms with E-state index in [1.807, 2.05) is 0 Å². The Hall–Kier alpha value is -4.70. The van der Waals surface area contributed by atoms with Gasteiger partial charge in [0.2, 0.25) is 0 Å². The van der Waals surface area contributed by atoms with Crippen LogP contribution in [0.25, 0.3) is 32.8 Å². The number of halogens is 5. The van der Waals surface area contributed by atoms with E-state index in [2.05, 4.69) is 22.9 Å². The van der Waals surface area contributed by atoms with Crippen LogP contribution >= 0.6 is 0 Å². The Morgan fingerprint density at radius 1 is 1.04 bits per heavy atom. The molecule has 4 aromatic rings. The Balaban J connectivity index is 1.25. The molecular weight excluding hydrogens is 669 g/mol. The Bertz CT molecular complexity index is 2100. The number of anilines is 1. The molecular formula is C38H36F5N5O3. The van der Waals surface area contributed by atoms with Gasteiger partial charge in [-0.3, -0.25) is 4.79 Å². The van der Waals surface area contributed by atoms with Crippen LogP contribution in [-0.2, 0) is 4.79 Å². The second-order valence-corrected chi connectivity index (χ2v) is 14.5. The van der Waals surface area contributed by atoms with Crippen molar-refractivity contribution in [2.24, 2.45) is 5.41 Å². The number of aromatic nitrogens is 2. The predicted molar refractivity (Wildman–Crippen MR) is 181 cm³/mol. The molecule has 4 fully saturated rings. The van der Waals surface area contributed by atoms with Gasteiger partial charge in [-0.15, -0.1) is 6.42 Å². The fraction of sp³-hybridized carbons (Fsp3) is 0.447. The standard InChI is InChI=1S/C38H36F5N5O3/c1-3-25-29(39)12-7-21-16-24(49)17-28(31(21)25)26-10-11-27-33(32(26)40)44-36(51-20-37-13-4-6-30(37)46(2)15-5-14-37)45-34(27)47-18-22-8-9-23(19-47)48(22)35(50)38(41,42)43/h1,7,10-12,16-17,22-23,30,49H,4-6,8-9,13-15,18-20H2,2H3/t22?,23?,30-,37-/m1/s1. The molecule has 266 valence electrons. The maximum absolute atomic E-state index is 17.0. The molecule has 1 amide bonds. The van der Waals surface area contributed by atoms with Crippen LogP contribution in [0.15, 0.2) is 36.4 Å². The summed E-state index contributed by atoms with van der Waals surface area (Å²) < 4.78 is 78.9. The number of hydrogen-bond donors (Lipinski definition) is 1. The second kappa shape index (κ2) is 12.2. The van der Waals surface area contributed by atoms with Crippen molar-refractivity contribution in [1.29, 1.82) is 0 Å². The maximum Gasteiger partial charge on any atom is 0.471 e.